The molecule has 1 heterocycles. The van der Waals surface area contributed by atoms with Gasteiger partial charge in [-0.3, -0.25) is 4.79 Å². The molecule has 2 rings (SSSR count). The normalized spacial score (nSPS) is 31.6. The van der Waals surface area contributed by atoms with Gasteiger partial charge in [0.2, 0.25) is 0 Å². The molecule has 1 amide bonds. The van der Waals surface area contributed by atoms with Crippen LogP contribution in [-0.4, -0.2) is 30.1 Å². The average Bonchev–Trinajstić information content (AvgIpc) is 2.39. The van der Waals surface area contributed by atoms with Crippen molar-refractivity contribution < 1.29 is 18.0 Å². The Balaban J connectivity index is 2.22. The number of halogens is 3. The van der Waals surface area contributed by atoms with E-state index in [4.69, 9.17) is 5.73 Å². The number of allylic oxidation sites excluding steroid dienone is 3. The van der Waals surface area contributed by atoms with Crippen molar-refractivity contribution in [2.24, 2.45) is 17.6 Å². The van der Waals surface area contributed by atoms with Gasteiger partial charge < -0.3 is 10.6 Å². The van der Waals surface area contributed by atoms with E-state index in [1.54, 1.807) is 12.2 Å². The molecule has 1 aliphatic heterocycles. The van der Waals surface area contributed by atoms with Gasteiger partial charge in [-0.2, -0.15) is 13.2 Å². The van der Waals surface area contributed by atoms with Gasteiger partial charge in [-0.15, -0.1) is 0 Å². The molecule has 2 atom stereocenters. The number of nitrogens with two attached hydrogens (primary N) is 1. The molecule has 1 saturated heterocycles. The van der Waals surface area contributed by atoms with Crippen LogP contribution in [0, 0.1) is 11.8 Å². The number of fused-ring (bicyclic) bond motifs is 2. The van der Waals surface area contributed by atoms with E-state index in [0.717, 1.165) is 11.3 Å². The summed E-state index contributed by atoms with van der Waals surface area (Å²) in [6.07, 6.45) is 1.77. The molecule has 2 bridgehead atoms. The third-order valence-corrected chi connectivity index (χ3v) is 3.72. The van der Waals surface area contributed by atoms with Crippen LogP contribution in [0.15, 0.2) is 36.1 Å². The zero-order valence-corrected chi connectivity index (χ0v) is 11.0. The number of carbonyl (C=O) groups excluding carboxylic acids is 1. The Bertz CT molecular complexity index is 479. The van der Waals surface area contributed by atoms with Crippen molar-refractivity contribution in [3.05, 3.63) is 36.1 Å². The lowest BCUT2D eigenvalue weighted by molar-refractivity contribution is -0.187. The number of carbonyl (C=O) groups is 1. The first-order valence-corrected chi connectivity index (χ1v) is 6.46. The smallest absolute Gasteiger partial charge is 0.399 e. The van der Waals surface area contributed by atoms with E-state index in [-0.39, 0.29) is 24.9 Å². The number of rotatable bonds is 0. The predicted molar refractivity (Wildman–Crippen MR) is 69.4 cm³/mol. The molecule has 1 fully saturated rings. The standard InChI is InChI=1S/C14H17F3N2O/c1-9-5-12(18)4-2-3-10-6-11(9)8-19(7-10)13(20)14(15,16)17/h2,4-5,10-11H,1,3,6-8,18H2/b4-2-,12-5+. The molecule has 0 aromatic heterocycles. The second-order valence-corrected chi connectivity index (χ2v) is 5.36. The molecule has 110 valence electrons. The fourth-order valence-electron chi connectivity index (χ4n) is 2.76. The Morgan fingerprint density at radius 1 is 1.40 bits per heavy atom. The Hall–Kier alpha value is -1.72. The third kappa shape index (κ3) is 3.23. The molecule has 0 aromatic rings. The largest absolute Gasteiger partial charge is 0.471 e. The first-order valence-electron chi connectivity index (χ1n) is 6.46. The van der Waals surface area contributed by atoms with E-state index in [1.165, 1.54) is 0 Å². The van der Waals surface area contributed by atoms with E-state index in [2.05, 4.69) is 6.58 Å². The summed E-state index contributed by atoms with van der Waals surface area (Å²) in [6.45, 7) is 4.06. The van der Waals surface area contributed by atoms with E-state index < -0.39 is 12.1 Å². The number of piperidine rings is 1. The van der Waals surface area contributed by atoms with Crippen molar-refractivity contribution >= 4 is 5.91 Å². The van der Waals surface area contributed by atoms with Crippen LogP contribution >= 0.6 is 0 Å². The number of nitrogens with zero attached hydrogens (tertiary/aromatic N) is 1. The Kier molecular flexibility index (Phi) is 3.92. The molecule has 1 aliphatic carbocycles. The highest BCUT2D eigenvalue weighted by Crippen LogP contribution is 2.33. The highest BCUT2D eigenvalue weighted by molar-refractivity contribution is 5.82. The highest BCUT2D eigenvalue weighted by Gasteiger charge is 2.45. The van der Waals surface area contributed by atoms with Crippen molar-refractivity contribution in [1.82, 2.24) is 4.90 Å². The maximum absolute atomic E-state index is 12.6. The van der Waals surface area contributed by atoms with E-state index in [1.807, 2.05) is 6.08 Å². The van der Waals surface area contributed by atoms with E-state index in [9.17, 15) is 18.0 Å². The molecule has 0 saturated carbocycles. The van der Waals surface area contributed by atoms with Crippen LogP contribution < -0.4 is 5.73 Å². The van der Waals surface area contributed by atoms with E-state index >= 15 is 0 Å². The molecule has 20 heavy (non-hydrogen) atoms. The molecular weight excluding hydrogens is 269 g/mol. The van der Waals surface area contributed by atoms with Gasteiger partial charge in [-0.25, -0.2) is 0 Å². The SMILES string of the molecule is C=C1/C=C(N)\C=C/CC2CC1CN(C(=O)C(F)(F)F)C2. The van der Waals surface area contributed by atoms with Gasteiger partial charge in [0, 0.05) is 24.7 Å². The number of amides is 1. The molecule has 6 heteroatoms. The van der Waals surface area contributed by atoms with Gasteiger partial charge in [-0.1, -0.05) is 12.7 Å². The van der Waals surface area contributed by atoms with E-state index in [0.29, 0.717) is 17.7 Å². The summed E-state index contributed by atoms with van der Waals surface area (Å²) in [6, 6.07) is 0. The zero-order chi connectivity index (χ0) is 14.9. The second kappa shape index (κ2) is 5.34. The molecule has 0 radical (unpaired) electrons. The summed E-state index contributed by atoms with van der Waals surface area (Å²) in [7, 11) is 0. The quantitative estimate of drug-likeness (QED) is 0.743. The molecule has 2 unspecified atom stereocenters. The summed E-state index contributed by atoms with van der Waals surface area (Å²) in [5.41, 5.74) is 6.98. The number of likely N-dealkylation sites (tertiary alicyclic amines) is 1. The summed E-state index contributed by atoms with van der Waals surface area (Å²) >= 11 is 0. The first-order chi connectivity index (χ1) is 9.27. The van der Waals surface area contributed by atoms with Crippen LogP contribution in [0.25, 0.3) is 0 Å². The van der Waals surface area contributed by atoms with Crippen molar-refractivity contribution in [3.8, 4) is 0 Å². The maximum atomic E-state index is 12.6. The van der Waals surface area contributed by atoms with Gasteiger partial charge in [0.05, 0.1) is 0 Å². The lowest BCUT2D eigenvalue weighted by Gasteiger charge is -2.38. The minimum absolute atomic E-state index is 0.00681. The Morgan fingerprint density at radius 2 is 2.10 bits per heavy atom. The molecule has 0 spiro atoms. The molecule has 2 N–H and O–H groups in total. The van der Waals surface area contributed by atoms with Gasteiger partial charge in [0.1, 0.15) is 0 Å². The van der Waals surface area contributed by atoms with Gasteiger partial charge in [0.25, 0.3) is 0 Å². The Labute approximate surface area is 115 Å². The third-order valence-electron chi connectivity index (χ3n) is 3.72. The molecule has 2 aliphatic rings. The number of alkyl halides is 3. The summed E-state index contributed by atoms with van der Waals surface area (Å²) < 4.78 is 37.7. The lowest BCUT2D eigenvalue weighted by Crippen LogP contribution is -2.49. The molecular formula is C14H17F3N2O. The first kappa shape index (κ1) is 14.7. The maximum Gasteiger partial charge on any atom is 0.471 e. The highest BCUT2D eigenvalue weighted by atomic mass is 19.4. The summed E-state index contributed by atoms with van der Waals surface area (Å²) in [5, 5.41) is 0. The summed E-state index contributed by atoms with van der Waals surface area (Å²) in [5.74, 6) is -1.92. The fourth-order valence-corrected chi connectivity index (χ4v) is 2.76. The summed E-state index contributed by atoms with van der Waals surface area (Å²) in [4.78, 5) is 12.3. The fraction of sp³-hybridized carbons (Fsp3) is 0.500. The predicted octanol–water partition coefficient (Wildman–Crippen LogP) is 2.37. The van der Waals surface area contributed by atoms with Crippen molar-refractivity contribution in [2.45, 2.75) is 19.0 Å². The Morgan fingerprint density at radius 3 is 2.75 bits per heavy atom. The lowest BCUT2D eigenvalue weighted by atomic mass is 9.83. The van der Waals surface area contributed by atoms with Crippen LogP contribution in [-0.2, 0) is 4.79 Å². The minimum Gasteiger partial charge on any atom is -0.399 e. The van der Waals surface area contributed by atoms with Crippen LogP contribution in [0.4, 0.5) is 13.2 Å². The monoisotopic (exact) mass is 286 g/mol. The van der Waals surface area contributed by atoms with Gasteiger partial charge >= 0.3 is 12.1 Å². The van der Waals surface area contributed by atoms with Crippen LogP contribution in [0.3, 0.4) is 0 Å². The topological polar surface area (TPSA) is 46.3 Å². The van der Waals surface area contributed by atoms with Crippen molar-refractivity contribution in [2.75, 3.05) is 13.1 Å². The van der Waals surface area contributed by atoms with Gasteiger partial charge in [-0.05, 0) is 36.5 Å². The van der Waals surface area contributed by atoms with Crippen LogP contribution in [0.2, 0.25) is 0 Å². The zero-order valence-electron chi connectivity index (χ0n) is 11.0. The minimum atomic E-state index is -4.82. The molecule has 0 aromatic carbocycles. The van der Waals surface area contributed by atoms with Gasteiger partial charge in [0.15, 0.2) is 0 Å². The second-order valence-electron chi connectivity index (χ2n) is 5.36. The van der Waals surface area contributed by atoms with Crippen molar-refractivity contribution in [1.29, 1.82) is 0 Å². The molecule has 3 nitrogen and oxygen atoms in total. The number of hydrogen-bond acceptors (Lipinski definition) is 2. The average molecular weight is 286 g/mol. The van der Waals surface area contributed by atoms with Crippen LogP contribution in [0.1, 0.15) is 12.8 Å². The van der Waals surface area contributed by atoms with Crippen molar-refractivity contribution in [3.63, 3.8) is 0 Å². The van der Waals surface area contributed by atoms with Crippen LogP contribution in [0.5, 0.6) is 0 Å². The number of hydrogen-bond donors (Lipinski definition) is 1.